The minimum atomic E-state index is -2.14. The molecule has 10 nitrogen and oxygen atoms in total. The van der Waals surface area contributed by atoms with Crippen molar-refractivity contribution in [3.05, 3.63) is 101 Å². The summed E-state index contributed by atoms with van der Waals surface area (Å²) in [5.41, 5.74) is 7.23. The molecule has 5 aromatic carbocycles. The molecule has 0 saturated carbocycles. The topological polar surface area (TPSA) is 108 Å². The van der Waals surface area contributed by atoms with E-state index in [9.17, 15) is 4.79 Å². The Bertz CT molecular complexity index is 2550. The predicted octanol–water partition coefficient (Wildman–Crippen LogP) is 15.8. The minimum Gasteiger partial charge on any atom is -0.497 e. The minimum absolute atomic E-state index is 0.407. The van der Waals surface area contributed by atoms with Crippen LogP contribution in [0.2, 0.25) is 0 Å². The van der Waals surface area contributed by atoms with Gasteiger partial charge in [0.05, 0.1) is 34.0 Å². The highest BCUT2D eigenvalue weighted by molar-refractivity contribution is 8.53. The molecule has 13 heteroatoms. The molecule has 0 aliphatic carbocycles. The van der Waals surface area contributed by atoms with Crippen LogP contribution >= 0.6 is 27.2 Å². The quantitative estimate of drug-likeness (QED) is 0.0644. The van der Waals surface area contributed by atoms with E-state index in [0.717, 1.165) is 114 Å². The second-order valence-corrected chi connectivity index (χ2v) is 19.7. The van der Waals surface area contributed by atoms with Gasteiger partial charge in [0, 0.05) is 26.8 Å². The van der Waals surface area contributed by atoms with Gasteiger partial charge < -0.3 is 40.9 Å². The molecule has 7 rings (SSSR count). The SMILES string of the molecule is CCCCc1cc(OC)cc(-c2cc(OC)cc(CCCC)c2Op2oc3c(CCCC)cc(OC)cc3c3cc(OC)cc(CCCC)c3o2)c1OP1OC(=O)c2ccccc2S1. The summed E-state index contributed by atoms with van der Waals surface area (Å²) in [5.74, 6) is 3.56. The molecule has 0 fully saturated rings. The first kappa shape index (κ1) is 47.0. The fourth-order valence-corrected chi connectivity index (χ4v) is 12.0. The van der Waals surface area contributed by atoms with Gasteiger partial charge in [0.2, 0.25) is 0 Å². The number of carbonyl (C=O) groups is 1. The van der Waals surface area contributed by atoms with Crippen molar-refractivity contribution in [3.8, 4) is 45.6 Å². The van der Waals surface area contributed by atoms with Crippen molar-refractivity contribution in [2.24, 2.45) is 0 Å². The number of methoxy groups -OCH3 is 4. The monoisotopic (exact) mass is 926 g/mol. The Balaban J connectivity index is 1.52. The van der Waals surface area contributed by atoms with Crippen LogP contribution in [0.5, 0.6) is 34.5 Å². The van der Waals surface area contributed by atoms with Crippen molar-refractivity contribution in [2.75, 3.05) is 28.4 Å². The van der Waals surface area contributed by atoms with E-state index in [4.69, 9.17) is 40.9 Å². The van der Waals surface area contributed by atoms with Crippen LogP contribution in [0.15, 0.2) is 86.1 Å². The van der Waals surface area contributed by atoms with Crippen molar-refractivity contribution in [1.82, 2.24) is 0 Å². The fourth-order valence-electron chi connectivity index (χ4n) is 7.88. The Hall–Kier alpha value is -4.95. The number of carbonyl (C=O) groups excluding carboxylic acids is 1. The van der Waals surface area contributed by atoms with Crippen LogP contribution in [0.1, 0.15) is 112 Å². The molecule has 1 aliphatic heterocycles. The summed E-state index contributed by atoms with van der Waals surface area (Å²) in [6, 6.07) is 23.6. The van der Waals surface area contributed by atoms with Gasteiger partial charge in [-0.15, -0.1) is 0 Å². The lowest BCUT2D eigenvalue weighted by Crippen LogP contribution is -2.09. The van der Waals surface area contributed by atoms with Crippen LogP contribution in [0.4, 0.5) is 0 Å². The smallest absolute Gasteiger partial charge is 0.453 e. The lowest BCUT2D eigenvalue weighted by atomic mass is 9.94. The maximum absolute atomic E-state index is 13.3. The molecule has 2 heterocycles. The number of fused-ring (bicyclic) bond motifs is 4. The summed E-state index contributed by atoms with van der Waals surface area (Å²) in [6.45, 7) is 8.70. The van der Waals surface area contributed by atoms with E-state index in [0.29, 0.717) is 63.7 Å². The molecule has 340 valence electrons. The average Bonchev–Trinajstić information content (AvgIpc) is 3.47. The fraction of sp³-hybridized carbons (Fsp3) is 0.392. The summed E-state index contributed by atoms with van der Waals surface area (Å²) in [6.07, 6.45) is 10.6. The van der Waals surface area contributed by atoms with E-state index >= 15 is 0 Å². The van der Waals surface area contributed by atoms with Gasteiger partial charge in [-0.1, -0.05) is 65.5 Å². The van der Waals surface area contributed by atoms with E-state index in [1.165, 1.54) is 11.4 Å². The maximum Gasteiger partial charge on any atom is 0.453 e. The summed E-state index contributed by atoms with van der Waals surface area (Å²) in [7, 11) is 2.80. The number of unbranched alkanes of at least 4 members (excludes halogenated alkanes) is 4. The number of aryl methyl sites for hydroxylation is 4. The Morgan fingerprint density at radius 2 is 0.938 bits per heavy atom. The molecule has 1 aromatic heterocycles. The summed E-state index contributed by atoms with van der Waals surface area (Å²) >= 11 is 1.42. The van der Waals surface area contributed by atoms with Crippen molar-refractivity contribution in [2.45, 2.75) is 110 Å². The first-order chi connectivity index (χ1) is 31.2. The van der Waals surface area contributed by atoms with Crippen LogP contribution in [0, 0.1) is 0 Å². The number of rotatable bonds is 21. The first-order valence-electron chi connectivity index (χ1n) is 22.4. The lowest BCUT2D eigenvalue weighted by molar-refractivity contribution is 0.0740. The largest absolute Gasteiger partial charge is 0.497 e. The zero-order chi connectivity index (χ0) is 45.2. The molecule has 0 radical (unpaired) electrons. The highest BCUT2D eigenvalue weighted by Crippen LogP contribution is 2.62. The van der Waals surface area contributed by atoms with Gasteiger partial charge in [-0.2, -0.15) is 0 Å². The number of ether oxygens (including phenoxy) is 4. The maximum atomic E-state index is 13.3. The van der Waals surface area contributed by atoms with E-state index in [2.05, 4.69) is 39.8 Å². The van der Waals surface area contributed by atoms with Gasteiger partial charge in [0.15, 0.2) is 0 Å². The van der Waals surface area contributed by atoms with Gasteiger partial charge in [0.25, 0.3) is 0 Å². The third-order valence-electron chi connectivity index (χ3n) is 11.4. The van der Waals surface area contributed by atoms with Gasteiger partial charge in [0.1, 0.15) is 45.7 Å². The zero-order valence-electron chi connectivity index (χ0n) is 38.3. The molecular weight excluding hydrogens is 867 g/mol. The Labute approximate surface area is 383 Å². The third-order valence-corrected chi connectivity index (χ3v) is 15.2. The van der Waals surface area contributed by atoms with Gasteiger partial charge in [-0.3, -0.25) is 0 Å². The van der Waals surface area contributed by atoms with Crippen LogP contribution in [-0.2, 0) is 30.2 Å². The molecule has 64 heavy (non-hydrogen) atoms. The Kier molecular flexibility index (Phi) is 16.4. The first-order valence-corrected chi connectivity index (χ1v) is 26.1. The van der Waals surface area contributed by atoms with Crippen LogP contribution in [0.25, 0.3) is 33.1 Å². The Morgan fingerprint density at radius 3 is 1.41 bits per heavy atom. The van der Waals surface area contributed by atoms with E-state index in [-0.39, 0.29) is 0 Å². The van der Waals surface area contributed by atoms with Crippen LogP contribution in [-0.4, -0.2) is 34.4 Å². The van der Waals surface area contributed by atoms with E-state index in [1.54, 1.807) is 34.5 Å². The molecular formula is C51H60O10P2S. The number of hydrogen-bond donors (Lipinski definition) is 0. The lowest BCUT2D eigenvalue weighted by Gasteiger charge is -2.26. The molecule has 1 unspecified atom stereocenters. The molecule has 0 spiro atoms. The molecule has 0 saturated heterocycles. The normalized spacial score (nSPS) is 13.4. The van der Waals surface area contributed by atoms with Crippen LogP contribution in [0.3, 0.4) is 0 Å². The number of benzene rings is 5. The highest BCUT2D eigenvalue weighted by Gasteiger charge is 2.33. The number of hydrogen-bond acceptors (Lipinski definition) is 11. The van der Waals surface area contributed by atoms with E-state index in [1.807, 2.05) is 54.6 Å². The van der Waals surface area contributed by atoms with Crippen molar-refractivity contribution in [1.29, 1.82) is 0 Å². The van der Waals surface area contributed by atoms with Crippen molar-refractivity contribution < 1.29 is 45.7 Å². The Morgan fingerprint density at radius 1 is 0.516 bits per heavy atom. The molecule has 1 aliphatic rings. The second kappa shape index (κ2) is 22.3. The summed E-state index contributed by atoms with van der Waals surface area (Å²) in [4.78, 5) is 14.2. The molecule has 6 aromatic rings. The van der Waals surface area contributed by atoms with Crippen LogP contribution < -0.4 is 28.0 Å². The van der Waals surface area contributed by atoms with Gasteiger partial charge >= 0.3 is 21.8 Å². The molecule has 0 N–H and O–H groups in total. The summed E-state index contributed by atoms with van der Waals surface area (Å²) in [5, 5.41) is 1.72. The van der Waals surface area contributed by atoms with E-state index < -0.39 is 21.8 Å². The van der Waals surface area contributed by atoms with Gasteiger partial charge in [-0.25, -0.2) is 4.79 Å². The summed E-state index contributed by atoms with van der Waals surface area (Å²) < 4.78 is 58.3. The third kappa shape index (κ3) is 10.6. The van der Waals surface area contributed by atoms with Crippen molar-refractivity contribution in [3.63, 3.8) is 0 Å². The average molecular weight is 927 g/mol. The highest BCUT2D eigenvalue weighted by atomic mass is 32.7. The van der Waals surface area contributed by atoms with Gasteiger partial charge in [-0.05, 0) is 146 Å². The second-order valence-electron chi connectivity index (χ2n) is 15.8. The predicted molar refractivity (Wildman–Crippen MR) is 260 cm³/mol. The van der Waals surface area contributed by atoms with Crippen molar-refractivity contribution >= 4 is 55.1 Å². The molecule has 0 amide bonds. The molecule has 1 atom stereocenters. The standard InChI is InChI=1S/C51H60O10P2S/c1-9-13-19-33-25-37(53-5)29-42-43-30-38(54-6)26-34(20-14-10-2)48(43)58-62(57-47(33)42)59-49-35(21-15-11-3)27-39(55-7)31-44(49)45-32-40(56-8)28-36(22-16-12-4)50(45)60-63-61-51(52)41-23-17-18-24-46(41)64-63/h17-18,23-32H,9-16,19-22H2,1-8H3. The molecule has 0 bridgehead atoms. The zero-order valence-corrected chi connectivity index (χ0v) is 40.9.